The van der Waals surface area contributed by atoms with Crippen LogP contribution in [0.5, 0.6) is 0 Å². The molecule has 0 amide bonds. The van der Waals surface area contributed by atoms with Crippen LogP contribution in [0, 0.1) is 0 Å². The fourth-order valence-electron chi connectivity index (χ4n) is 4.82. The van der Waals surface area contributed by atoms with Crippen molar-refractivity contribution in [3.05, 3.63) is 182 Å². The van der Waals surface area contributed by atoms with Gasteiger partial charge < -0.3 is 9.13 Å². The van der Waals surface area contributed by atoms with Crippen molar-refractivity contribution in [2.24, 2.45) is 0 Å². The van der Waals surface area contributed by atoms with Crippen LogP contribution in [-0.4, -0.2) is 29.9 Å². The van der Waals surface area contributed by atoms with E-state index in [0.717, 1.165) is 31.8 Å². The van der Waals surface area contributed by atoms with Crippen molar-refractivity contribution in [1.82, 2.24) is 0 Å². The van der Waals surface area contributed by atoms with Gasteiger partial charge in [0.15, 0.2) is 14.3 Å². The van der Waals surface area contributed by atoms with Gasteiger partial charge in [-0.1, -0.05) is 182 Å². The summed E-state index contributed by atoms with van der Waals surface area (Å²) in [4.78, 5) is 0. The molecule has 5 nitrogen and oxygen atoms in total. The minimum absolute atomic E-state index is 0.873. The van der Waals surface area contributed by atoms with Crippen LogP contribution < -0.4 is 31.8 Å². The van der Waals surface area contributed by atoms with E-state index in [1.807, 2.05) is 182 Å². The third-order valence-electron chi connectivity index (χ3n) is 7.17. The molecule has 0 saturated carbocycles. The van der Waals surface area contributed by atoms with Crippen LogP contribution in [0.4, 0.5) is 16.7 Å². The Morgan fingerprint density at radius 2 is 0.600 bits per heavy atom. The maximum atomic E-state index is 13.8. The third kappa shape index (κ3) is 9.38. The summed E-state index contributed by atoms with van der Waals surface area (Å²) in [6.45, 7) is 0. The Morgan fingerprint density at radius 3 is 0.720 bits per heavy atom. The Labute approximate surface area is 296 Å². The number of halogens is 4. The van der Waals surface area contributed by atoms with Gasteiger partial charge in [-0.25, -0.2) is 0 Å². The molecular formula is C37H30AlF4O5P2S+. The predicted octanol–water partition coefficient (Wildman–Crippen LogP) is 7.01. The molecule has 0 fully saturated rings. The van der Waals surface area contributed by atoms with Crippen LogP contribution in [0.25, 0.3) is 0 Å². The molecule has 254 valence electrons. The van der Waals surface area contributed by atoms with E-state index in [0.29, 0.717) is 0 Å². The molecule has 13 heteroatoms. The van der Waals surface area contributed by atoms with E-state index in [9.17, 15) is 34.2 Å². The van der Waals surface area contributed by atoms with Gasteiger partial charge in [0.25, 0.3) is 0 Å². The van der Waals surface area contributed by atoms with E-state index in [1.54, 1.807) is 0 Å². The van der Waals surface area contributed by atoms with Gasteiger partial charge in [-0.05, 0) is 0 Å². The molecule has 0 aliphatic rings. The van der Waals surface area contributed by atoms with Gasteiger partial charge in [0.1, 0.15) is 0 Å². The van der Waals surface area contributed by atoms with E-state index in [-0.39, 0.29) is 0 Å². The van der Waals surface area contributed by atoms with E-state index >= 15 is 0 Å². The van der Waals surface area contributed by atoms with Crippen LogP contribution in [0.3, 0.4) is 0 Å². The fourth-order valence-corrected chi connectivity index (χ4v) is 11.0. The second kappa shape index (κ2) is 17.7. The average Bonchev–Trinajstić information content (AvgIpc) is 3.16. The first kappa shape index (κ1) is 38.7. The Balaban J connectivity index is 0.000000179. The van der Waals surface area contributed by atoms with Crippen molar-refractivity contribution in [2.75, 3.05) is 0 Å². The van der Waals surface area contributed by atoms with Crippen molar-refractivity contribution in [1.29, 1.82) is 0 Å². The van der Waals surface area contributed by atoms with E-state index in [1.165, 1.54) is 0 Å². The summed E-state index contributed by atoms with van der Waals surface area (Å²) >= 11 is -2.65. The first-order chi connectivity index (χ1) is 23.9. The van der Waals surface area contributed by atoms with Crippen LogP contribution in [-0.2, 0) is 22.5 Å². The zero-order valence-corrected chi connectivity index (χ0v) is 30.0. The van der Waals surface area contributed by atoms with Gasteiger partial charge in [0.05, 0.1) is 0 Å². The number of alkyl halides is 3. The SMILES string of the molecule is O=P(c1ccccc1)(c1ccccc1)c1ccccc1.O=P(c1ccccc1)(c1ccccc1)c1ccccc1.O=S(=O)([O][Al+][F])C(F)(F)F. The first-order valence-electron chi connectivity index (χ1n) is 14.9. The number of hydrogen-bond donors (Lipinski definition) is 0. The summed E-state index contributed by atoms with van der Waals surface area (Å²) in [5.74, 6) is 0. The van der Waals surface area contributed by atoms with Crippen LogP contribution in [0.1, 0.15) is 0 Å². The van der Waals surface area contributed by atoms with E-state index in [2.05, 4.69) is 3.23 Å². The second-order valence-electron chi connectivity index (χ2n) is 10.3. The zero-order chi connectivity index (χ0) is 36.1. The minimum atomic E-state index is -5.69. The van der Waals surface area contributed by atoms with E-state index < -0.39 is 45.9 Å². The molecule has 0 aromatic heterocycles. The van der Waals surface area contributed by atoms with Crippen LogP contribution >= 0.6 is 14.3 Å². The normalized spacial score (nSPS) is 11.5. The Morgan fingerprint density at radius 1 is 0.420 bits per heavy atom. The van der Waals surface area contributed by atoms with Gasteiger partial charge in [-0.3, -0.25) is 0 Å². The fraction of sp³-hybridized carbons (Fsp3) is 0.0270. The predicted molar refractivity (Wildman–Crippen MR) is 195 cm³/mol. The summed E-state index contributed by atoms with van der Waals surface area (Å²) in [5.41, 5.74) is -5.52. The summed E-state index contributed by atoms with van der Waals surface area (Å²) in [7, 11) is -11.2. The zero-order valence-electron chi connectivity index (χ0n) is 26.3. The Kier molecular flexibility index (Phi) is 13.7. The average molecular weight is 752 g/mol. The molecule has 0 saturated heterocycles. The second-order valence-corrected chi connectivity index (χ2v) is 18.2. The molecule has 50 heavy (non-hydrogen) atoms. The topological polar surface area (TPSA) is 77.5 Å². The molecule has 6 rings (SSSR count). The first-order valence-corrected chi connectivity index (χ1v) is 20.6. The molecular weight excluding hydrogens is 721 g/mol. The molecule has 0 spiro atoms. The van der Waals surface area contributed by atoms with Gasteiger partial charge in [-0.2, -0.15) is 0 Å². The summed E-state index contributed by atoms with van der Waals surface area (Å²) < 4.78 is 94.3. The van der Waals surface area contributed by atoms with Gasteiger partial charge in [0.2, 0.25) is 0 Å². The summed E-state index contributed by atoms with van der Waals surface area (Å²) in [6.07, 6.45) is 0. The molecule has 0 unspecified atom stereocenters. The molecule has 6 aromatic carbocycles. The summed E-state index contributed by atoms with van der Waals surface area (Å²) in [6, 6.07) is 58.3. The molecule has 6 aromatic rings. The number of benzene rings is 6. The number of rotatable bonds is 8. The van der Waals surface area contributed by atoms with Gasteiger partial charge in [0, 0.05) is 31.8 Å². The standard InChI is InChI=1S/2C18H15OP.CHF3O3S.Al.FH/c2*19-20(16-10-4-1-5-11-16,17-12-6-2-7-13-17)18-14-8-3-9-15-18;2-1(3,4)8(5,6)7;;/h2*1-15H;(H,5,6,7);;1H/q;;;+3;/p-2. The van der Waals surface area contributed by atoms with Crippen molar-refractivity contribution < 1.29 is 37.5 Å². The molecule has 0 bridgehead atoms. The maximum absolute atomic E-state index is 13.8. The van der Waals surface area contributed by atoms with Crippen LogP contribution in [0.2, 0.25) is 0 Å². The Hall–Kier alpha value is -4.06. The molecule has 0 radical (unpaired) electrons. The van der Waals surface area contributed by atoms with Crippen molar-refractivity contribution in [3.8, 4) is 0 Å². The van der Waals surface area contributed by atoms with Crippen molar-refractivity contribution in [2.45, 2.75) is 5.51 Å². The summed E-state index contributed by atoms with van der Waals surface area (Å²) in [5, 5.41) is 5.24. The molecule has 0 N–H and O–H groups in total. The molecule has 0 heterocycles. The molecule has 0 aliphatic carbocycles. The van der Waals surface area contributed by atoms with Gasteiger partial charge >= 0.3 is 60.0 Å². The number of hydrogen-bond acceptors (Lipinski definition) is 5. The quantitative estimate of drug-likeness (QED) is 0.0725. The molecule has 0 aliphatic heterocycles. The third-order valence-corrected chi connectivity index (χ3v) is 15.2. The van der Waals surface area contributed by atoms with Crippen molar-refractivity contribution in [3.63, 3.8) is 0 Å². The van der Waals surface area contributed by atoms with Crippen molar-refractivity contribution >= 4 is 72.2 Å². The monoisotopic (exact) mass is 751 g/mol. The Bertz CT molecular complexity index is 1770. The van der Waals surface area contributed by atoms with Gasteiger partial charge in [-0.15, -0.1) is 0 Å². The van der Waals surface area contributed by atoms with Crippen LogP contribution in [0.15, 0.2) is 182 Å². The molecule has 0 atom stereocenters. The van der Waals surface area contributed by atoms with E-state index in [4.69, 9.17) is 0 Å².